The quantitative estimate of drug-likeness (QED) is 0.414. The summed E-state index contributed by atoms with van der Waals surface area (Å²) in [6.07, 6.45) is 1.95. The molecule has 0 spiro atoms. The summed E-state index contributed by atoms with van der Waals surface area (Å²) >= 11 is 7.58. The molecule has 7 heteroatoms. The second kappa shape index (κ2) is 5.69. The Kier molecular flexibility index (Phi) is 3.66. The van der Waals surface area contributed by atoms with E-state index in [1.807, 2.05) is 24.5 Å². The van der Waals surface area contributed by atoms with E-state index in [-0.39, 0.29) is 0 Å². The van der Waals surface area contributed by atoms with E-state index in [0.29, 0.717) is 16.2 Å². The molecule has 0 radical (unpaired) electrons. The molecule has 4 rings (SSSR count). The van der Waals surface area contributed by atoms with Crippen LogP contribution in [0.3, 0.4) is 0 Å². The molecular weight excluding hydrogens is 330 g/mol. The van der Waals surface area contributed by atoms with Gasteiger partial charge in [0.25, 0.3) is 0 Å². The molecule has 1 saturated heterocycles. The first kappa shape index (κ1) is 14.8. The number of anilines is 1. The first-order chi connectivity index (χ1) is 11.2. The zero-order valence-corrected chi connectivity index (χ0v) is 14.5. The van der Waals surface area contributed by atoms with Gasteiger partial charge in [-0.15, -0.1) is 0 Å². The third kappa shape index (κ3) is 2.56. The normalized spacial score (nSPS) is 15.2. The molecule has 1 fully saturated rings. The van der Waals surface area contributed by atoms with Gasteiger partial charge in [0.2, 0.25) is 0 Å². The molecule has 0 bridgehead atoms. The zero-order valence-electron chi connectivity index (χ0n) is 12.9. The summed E-state index contributed by atoms with van der Waals surface area (Å²) in [5, 5.41) is 1.20. The minimum Gasteiger partial charge on any atom is -0.355 e. The van der Waals surface area contributed by atoms with E-state index in [9.17, 15) is 0 Å². The van der Waals surface area contributed by atoms with E-state index >= 15 is 0 Å². The highest BCUT2D eigenvalue weighted by Crippen LogP contribution is 2.32. The maximum atomic E-state index is 6.08. The van der Waals surface area contributed by atoms with Gasteiger partial charge in [0.1, 0.15) is 16.8 Å². The Labute approximate surface area is 143 Å². The Balaban J connectivity index is 1.57. The summed E-state index contributed by atoms with van der Waals surface area (Å²) in [6, 6.07) is 10.1. The smallest absolute Gasteiger partial charge is 0.190 e. The van der Waals surface area contributed by atoms with Crippen molar-refractivity contribution in [3.8, 4) is 0 Å². The molecular formula is C16H16ClN5S. The van der Waals surface area contributed by atoms with Gasteiger partial charge >= 0.3 is 0 Å². The molecule has 1 aliphatic rings. The fourth-order valence-electron chi connectivity index (χ4n) is 3.00. The number of para-hydroxylation sites is 2. The molecule has 0 amide bonds. The number of halogens is 1. The minimum absolute atomic E-state index is 0.416. The maximum Gasteiger partial charge on any atom is 0.190 e. The van der Waals surface area contributed by atoms with Gasteiger partial charge in [-0.3, -0.25) is 0 Å². The molecule has 5 nitrogen and oxygen atoms in total. The molecule has 1 aliphatic heterocycles. The number of fused-ring (bicyclic) bond motifs is 1. The number of aromatic nitrogens is 4. The standard InChI is InChI=1S/C16H16ClN5S/c1-21-12-6-4-3-5-11(12)18-15(21)10-8-22(9-10)14-7-13(17)19-16(20-14)23-2/h3-7,10H,8-9H2,1-2H3. The summed E-state index contributed by atoms with van der Waals surface area (Å²) in [7, 11) is 2.08. The van der Waals surface area contributed by atoms with Crippen molar-refractivity contribution in [2.45, 2.75) is 11.1 Å². The number of nitrogens with zero attached hydrogens (tertiary/aromatic N) is 5. The second-order valence-corrected chi connectivity index (χ2v) is 6.82. The fourth-order valence-corrected chi connectivity index (χ4v) is 3.60. The Hall–Kier alpha value is -1.79. The van der Waals surface area contributed by atoms with Crippen LogP contribution in [0.25, 0.3) is 11.0 Å². The van der Waals surface area contributed by atoms with Crippen LogP contribution in [0.4, 0.5) is 5.82 Å². The summed E-state index contributed by atoms with van der Waals surface area (Å²) in [4.78, 5) is 15.7. The molecule has 2 aromatic heterocycles. The molecule has 3 heterocycles. The highest BCUT2D eigenvalue weighted by molar-refractivity contribution is 7.98. The minimum atomic E-state index is 0.416. The topological polar surface area (TPSA) is 46.8 Å². The first-order valence-corrected chi connectivity index (χ1v) is 9.01. The van der Waals surface area contributed by atoms with Gasteiger partial charge in [-0.25, -0.2) is 15.0 Å². The van der Waals surface area contributed by atoms with E-state index in [1.54, 1.807) is 0 Å². The lowest BCUT2D eigenvalue weighted by molar-refractivity contribution is 0.484. The van der Waals surface area contributed by atoms with Crippen LogP contribution in [-0.4, -0.2) is 38.9 Å². The van der Waals surface area contributed by atoms with Gasteiger partial charge in [-0.1, -0.05) is 35.5 Å². The number of benzene rings is 1. The molecule has 118 valence electrons. The van der Waals surface area contributed by atoms with Crippen molar-refractivity contribution in [3.05, 3.63) is 41.3 Å². The average molecular weight is 346 g/mol. The van der Waals surface area contributed by atoms with Gasteiger partial charge in [0.05, 0.1) is 17.0 Å². The molecule has 0 N–H and O–H groups in total. The summed E-state index contributed by atoms with van der Waals surface area (Å²) in [5.74, 6) is 2.44. The van der Waals surface area contributed by atoms with Gasteiger partial charge in [0.15, 0.2) is 5.16 Å². The lowest BCUT2D eigenvalue weighted by Crippen LogP contribution is -2.46. The zero-order chi connectivity index (χ0) is 16.0. The van der Waals surface area contributed by atoms with Crippen molar-refractivity contribution in [2.75, 3.05) is 24.2 Å². The van der Waals surface area contributed by atoms with Crippen molar-refractivity contribution < 1.29 is 0 Å². The number of hydrogen-bond donors (Lipinski definition) is 0. The largest absolute Gasteiger partial charge is 0.355 e. The molecule has 0 saturated carbocycles. The van der Waals surface area contributed by atoms with Crippen LogP contribution < -0.4 is 4.90 Å². The van der Waals surface area contributed by atoms with E-state index in [0.717, 1.165) is 30.2 Å². The van der Waals surface area contributed by atoms with Crippen molar-refractivity contribution in [1.82, 2.24) is 19.5 Å². The van der Waals surface area contributed by atoms with E-state index in [4.69, 9.17) is 16.6 Å². The Bertz CT molecular complexity index is 872. The van der Waals surface area contributed by atoms with E-state index in [1.165, 1.54) is 17.3 Å². The maximum absolute atomic E-state index is 6.08. The van der Waals surface area contributed by atoms with Crippen LogP contribution in [0.1, 0.15) is 11.7 Å². The lowest BCUT2D eigenvalue weighted by atomic mass is 9.99. The van der Waals surface area contributed by atoms with Crippen LogP contribution in [0.15, 0.2) is 35.5 Å². The lowest BCUT2D eigenvalue weighted by Gasteiger charge is -2.39. The van der Waals surface area contributed by atoms with Gasteiger partial charge in [0, 0.05) is 26.2 Å². The molecule has 0 unspecified atom stereocenters. The van der Waals surface area contributed by atoms with Crippen LogP contribution in [-0.2, 0) is 7.05 Å². The third-order valence-electron chi connectivity index (χ3n) is 4.24. The number of hydrogen-bond acceptors (Lipinski definition) is 5. The molecule has 23 heavy (non-hydrogen) atoms. The molecule has 0 aliphatic carbocycles. The predicted octanol–water partition coefficient (Wildman–Crippen LogP) is 3.34. The number of rotatable bonds is 3. The summed E-state index contributed by atoms with van der Waals surface area (Å²) in [6.45, 7) is 1.80. The Morgan fingerprint density at radius 2 is 1.96 bits per heavy atom. The molecule has 3 aromatic rings. The Morgan fingerprint density at radius 1 is 1.17 bits per heavy atom. The van der Waals surface area contributed by atoms with E-state index < -0.39 is 0 Å². The van der Waals surface area contributed by atoms with Crippen molar-refractivity contribution in [1.29, 1.82) is 0 Å². The van der Waals surface area contributed by atoms with Gasteiger partial charge in [-0.2, -0.15) is 0 Å². The SMILES string of the molecule is CSc1nc(Cl)cc(N2CC(c3nc4ccccc4n3C)C2)n1. The molecule has 1 aromatic carbocycles. The van der Waals surface area contributed by atoms with Gasteiger partial charge in [-0.05, 0) is 18.4 Å². The number of imidazole rings is 1. The van der Waals surface area contributed by atoms with Crippen molar-refractivity contribution >= 4 is 40.2 Å². The highest BCUT2D eigenvalue weighted by Gasteiger charge is 2.33. The van der Waals surface area contributed by atoms with Crippen LogP contribution in [0.5, 0.6) is 0 Å². The highest BCUT2D eigenvalue weighted by atomic mass is 35.5. The first-order valence-electron chi connectivity index (χ1n) is 7.40. The second-order valence-electron chi connectivity index (χ2n) is 5.66. The van der Waals surface area contributed by atoms with Crippen molar-refractivity contribution in [2.24, 2.45) is 7.05 Å². The van der Waals surface area contributed by atoms with Crippen LogP contribution in [0, 0.1) is 0 Å². The number of thioether (sulfide) groups is 1. The monoisotopic (exact) mass is 345 g/mol. The third-order valence-corrected chi connectivity index (χ3v) is 4.98. The molecule has 0 atom stereocenters. The fraction of sp³-hybridized carbons (Fsp3) is 0.312. The average Bonchev–Trinajstić information content (AvgIpc) is 2.83. The Morgan fingerprint density at radius 3 is 2.70 bits per heavy atom. The van der Waals surface area contributed by atoms with Crippen molar-refractivity contribution in [3.63, 3.8) is 0 Å². The predicted molar refractivity (Wildman–Crippen MR) is 94.5 cm³/mol. The summed E-state index contributed by atoms with van der Waals surface area (Å²) in [5.41, 5.74) is 2.23. The summed E-state index contributed by atoms with van der Waals surface area (Å²) < 4.78 is 2.19. The van der Waals surface area contributed by atoms with Crippen LogP contribution >= 0.6 is 23.4 Å². The van der Waals surface area contributed by atoms with Crippen LogP contribution in [0.2, 0.25) is 5.15 Å². The number of aryl methyl sites for hydroxylation is 1. The van der Waals surface area contributed by atoms with Gasteiger partial charge < -0.3 is 9.47 Å². The van der Waals surface area contributed by atoms with E-state index in [2.05, 4.69) is 38.6 Å².